The third-order valence-electron chi connectivity index (χ3n) is 1.89. The monoisotopic (exact) mass is 259 g/mol. The number of halogens is 1. The fourth-order valence-electron chi connectivity index (χ4n) is 1.14. The Balaban J connectivity index is 3.11. The lowest BCUT2D eigenvalue weighted by molar-refractivity contribution is -0.387. The van der Waals surface area contributed by atoms with E-state index in [9.17, 15) is 19.3 Å². The average molecular weight is 259 g/mol. The molecule has 0 unspecified atom stereocenters. The molecule has 0 aliphatic rings. The molecule has 0 bridgehead atoms. The molecule has 0 aliphatic heterocycles. The van der Waals surface area contributed by atoms with Crippen molar-refractivity contribution in [2.75, 3.05) is 13.7 Å². The van der Waals surface area contributed by atoms with E-state index in [4.69, 9.17) is 4.74 Å². The number of rotatable bonds is 4. The van der Waals surface area contributed by atoms with Gasteiger partial charge in [0.2, 0.25) is 5.82 Å². The Kier molecular flexibility index (Phi) is 4.41. The van der Waals surface area contributed by atoms with Gasteiger partial charge in [-0.2, -0.15) is 4.39 Å². The van der Waals surface area contributed by atoms with Gasteiger partial charge in [0.05, 0.1) is 24.7 Å². The molecule has 0 amide bonds. The van der Waals surface area contributed by atoms with Crippen LogP contribution in [-0.4, -0.2) is 24.8 Å². The molecule has 0 N–H and O–H groups in total. The fraction of sp³-hybridized carbons (Fsp3) is 0.300. The summed E-state index contributed by atoms with van der Waals surface area (Å²) in [7, 11) is 1.21. The predicted molar refractivity (Wildman–Crippen MR) is 57.3 cm³/mol. The molecule has 0 aliphatic carbocycles. The number of carbonyl (C=O) groups is 1. The number of nitro benzene ring substituents is 1. The summed E-state index contributed by atoms with van der Waals surface area (Å²) < 4.78 is 27.2. The van der Waals surface area contributed by atoms with Crippen LogP contribution in [-0.2, 0) is 4.74 Å². The molecule has 0 fully saturated rings. The van der Waals surface area contributed by atoms with Crippen LogP contribution < -0.4 is 9.47 Å². The smallest absolute Gasteiger partial charge is 0.493 e. The van der Waals surface area contributed by atoms with Crippen molar-refractivity contribution in [1.82, 2.24) is 0 Å². The summed E-state index contributed by atoms with van der Waals surface area (Å²) in [5, 5.41) is 10.5. The highest BCUT2D eigenvalue weighted by Gasteiger charge is 2.21. The van der Waals surface area contributed by atoms with Gasteiger partial charge in [-0.1, -0.05) is 0 Å². The van der Waals surface area contributed by atoms with Crippen LogP contribution in [0.2, 0.25) is 0 Å². The van der Waals surface area contributed by atoms with Crippen LogP contribution >= 0.6 is 0 Å². The molecule has 18 heavy (non-hydrogen) atoms. The van der Waals surface area contributed by atoms with Gasteiger partial charge in [0.15, 0.2) is 11.5 Å². The highest BCUT2D eigenvalue weighted by atomic mass is 19.1. The summed E-state index contributed by atoms with van der Waals surface area (Å²) in [6.45, 7) is 1.63. The van der Waals surface area contributed by atoms with Crippen molar-refractivity contribution in [2.45, 2.75) is 6.92 Å². The number of ether oxygens (including phenoxy) is 3. The van der Waals surface area contributed by atoms with E-state index in [0.29, 0.717) is 0 Å². The maximum atomic E-state index is 13.3. The van der Waals surface area contributed by atoms with Crippen molar-refractivity contribution >= 4 is 11.8 Å². The Morgan fingerprint density at radius 3 is 2.61 bits per heavy atom. The number of hydrogen-bond acceptors (Lipinski definition) is 6. The van der Waals surface area contributed by atoms with Gasteiger partial charge in [-0.3, -0.25) is 10.1 Å². The van der Waals surface area contributed by atoms with Crippen molar-refractivity contribution in [3.63, 3.8) is 0 Å². The first-order chi connectivity index (χ1) is 8.49. The van der Waals surface area contributed by atoms with Gasteiger partial charge in [0.1, 0.15) is 0 Å². The number of benzene rings is 1. The van der Waals surface area contributed by atoms with Crippen molar-refractivity contribution in [3.8, 4) is 11.5 Å². The van der Waals surface area contributed by atoms with Gasteiger partial charge in [-0.25, -0.2) is 4.79 Å². The van der Waals surface area contributed by atoms with Crippen molar-refractivity contribution < 1.29 is 28.3 Å². The molecular weight excluding hydrogens is 249 g/mol. The second kappa shape index (κ2) is 5.80. The van der Waals surface area contributed by atoms with E-state index < -0.39 is 22.6 Å². The van der Waals surface area contributed by atoms with Crippen LogP contribution in [0.15, 0.2) is 12.1 Å². The topological polar surface area (TPSA) is 87.9 Å². The predicted octanol–water partition coefficient (Wildman–Crippen LogP) is 2.28. The Morgan fingerprint density at radius 2 is 2.11 bits per heavy atom. The second-order valence-corrected chi connectivity index (χ2v) is 3.00. The van der Waals surface area contributed by atoms with Crippen LogP contribution in [0, 0.1) is 15.9 Å². The molecule has 0 heterocycles. The number of hydrogen-bond donors (Lipinski definition) is 0. The molecule has 8 heteroatoms. The standard InChI is InChI=1S/C10H10FNO6/c1-3-17-10(13)18-9-5-7(12(14)15)6(11)4-8(9)16-2/h4-5H,3H2,1-2H3. The Hall–Kier alpha value is -2.38. The lowest BCUT2D eigenvalue weighted by Gasteiger charge is -2.08. The third kappa shape index (κ3) is 3.06. The maximum absolute atomic E-state index is 13.3. The zero-order valence-electron chi connectivity index (χ0n) is 9.64. The van der Waals surface area contributed by atoms with Crippen LogP contribution in [0.3, 0.4) is 0 Å². The number of carbonyl (C=O) groups excluding carboxylic acids is 1. The van der Waals surface area contributed by atoms with E-state index in [1.54, 1.807) is 6.92 Å². The molecular formula is C10H10FNO6. The van der Waals surface area contributed by atoms with Gasteiger partial charge < -0.3 is 14.2 Å². The van der Waals surface area contributed by atoms with Gasteiger partial charge in [-0.05, 0) is 6.92 Å². The maximum Gasteiger partial charge on any atom is 0.513 e. The van der Waals surface area contributed by atoms with E-state index in [-0.39, 0.29) is 18.1 Å². The highest BCUT2D eigenvalue weighted by molar-refractivity contribution is 5.66. The van der Waals surface area contributed by atoms with Gasteiger partial charge in [-0.15, -0.1) is 0 Å². The van der Waals surface area contributed by atoms with Gasteiger partial charge in [0, 0.05) is 6.07 Å². The molecule has 0 spiro atoms. The lowest BCUT2D eigenvalue weighted by Crippen LogP contribution is -2.11. The quantitative estimate of drug-likeness (QED) is 0.356. The lowest BCUT2D eigenvalue weighted by atomic mass is 10.2. The molecule has 1 aromatic rings. The zero-order chi connectivity index (χ0) is 13.7. The van der Waals surface area contributed by atoms with Crippen molar-refractivity contribution in [3.05, 3.63) is 28.1 Å². The van der Waals surface area contributed by atoms with Gasteiger partial charge in [0.25, 0.3) is 0 Å². The average Bonchev–Trinajstić information content (AvgIpc) is 2.30. The SMILES string of the molecule is CCOC(=O)Oc1cc([N+](=O)[O-])c(F)cc1OC. The first kappa shape index (κ1) is 13.7. The summed E-state index contributed by atoms with van der Waals surface area (Å²) in [5.41, 5.74) is -0.824. The van der Waals surface area contributed by atoms with E-state index in [1.807, 2.05) is 0 Å². The molecule has 1 aromatic carbocycles. The zero-order valence-corrected chi connectivity index (χ0v) is 9.64. The molecule has 0 saturated carbocycles. The summed E-state index contributed by atoms with van der Waals surface area (Å²) in [4.78, 5) is 20.7. The number of nitro groups is 1. The number of methoxy groups -OCH3 is 1. The molecule has 1 rings (SSSR count). The summed E-state index contributed by atoms with van der Waals surface area (Å²) in [6, 6.07) is 1.51. The van der Waals surface area contributed by atoms with E-state index in [2.05, 4.69) is 9.47 Å². The van der Waals surface area contributed by atoms with Crippen LogP contribution in [0.25, 0.3) is 0 Å². The summed E-state index contributed by atoms with van der Waals surface area (Å²) in [6.07, 6.45) is -1.06. The minimum absolute atomic E-state index is 0.0738. The largest absolute Gasteiger partial charge is 0.513 e. The Morgan fingerprint density at radius 1 is 1.44 bits per heavy atom. The minimum Gasteiger partial charge on any atom is -0.493 e. The summed E-state index contributed by atoms with van der Waals surface area (Å²) >= 11 is 0. The number of nitrogens with zero attached hydrogens (tertiary/aromatic N) is 1. The van der Waals surface area contributed by atoms with Crippen LogP contribution in [0.1, 0.15) is 6.92 Å². The third-order valence-corrected chi connectivity index (χ3v) is 1.89. The first-order valence-electron chi connectivity index (χ1n) is 4.86. The molecule has 0 aromatic heterocycles. The Bertz CT molecular complexity index is 476. The molecule has 0 saturated heterocycles. The van der Waals surface area contributed by atoms with Crippen LogP contribution in [0.5, 0.6) is 11.5 Å². The first-order valence-corrected chi connectivity index (χ1v) is 4.86. The van der Waals surface area contributed by atoms with Gasteiger partial charge >= 0.3 is 11.8 Å². The summed E-state index contributed by atoms with van der Waals surface area (Å²) in [5.74, 6) is -1.52. The minimum atomic E-state index is -1.09. The van der Waals surface area contributed by atoms with Crippen LogP contribution in [0.4, 0.5) is 14.9 Å². The van der Waals surface area contributed by atoms with E-state index in [0.717, 1.165) is 12.1 Å². The Labute approximate surface area is 101 Å². The second-order valence-electron chi connectivity index (χ2n) is 3.00. The highest BCUT2D eigenvalue weighted by Crippen LogP contribution is 2.33. The van der Waals surface area contributed by atoms with Crippen molar-refractivity contribution in [2.24, 2.45) is 0 Å². The van der Waals surface area contributed by atoms with E-state index in [1.165, 1.54) is 7.11 Å². The normalized spacial score (nSPS) is 9.72. The molecule has 0 atom stereocenters. The molecule has 98 valence electrons. The van der Waals surface area contributed by atoms with Crippen molar-refractivity contribution in [1.29, 1.82) is 0 Å². The van der Waals surface area contributed by atoms with E-state index >= 15 is 0 Å². The fourth-order valence-corrected chi connectivity index (χ4v) is 1.14. The molecule has 0 radical (unpaired) electrons. The molecule has 7 nitrogen and oxygen atoms in total.